The van der Waals surface area contributed by atoms with Crippen molar-refractivity contribution >= 4 is 40.8 Å². The number of carbonyl (C=O) groups excluding carboxylic acids is 2. The molecule has 2 aromatic carbocycles. The van der Waals surface area contributed by atoms with Crippen LogP contribution in [0.25, 0.3) is 0 Å². The predicted octanol–water partition coefficient (Wildman–Crippen LogP) is 4.06. The zero-order chi connectivity index (χ0) is 22.5. The molecule has 0 spiro atoms. The third-order valence-corrected chi connectivity index (χ3v) is 4.43. The van der Waals surface area contributed by atoms with E-state index in [1.165, 1.54) is 30.5 Å². The zero-order valence-electron chi connectivity index (χ0n) is 16.1. The van der Waals surface area contributed by atoms with E-state index in [0.717, 1.165) is 6.07 Å². The van der Waals surface area contributed by atoms with Crippen LogP contribution in [0.4, 0.5) is 20.3 Å². The first kappa shape index (κ1) is 21.8. The molecule has 7 nitrogen and oxygen atoms in total. The standard InChI is InChI=1S/C21H16ClF2N5O2/c1-26-19(25)11-2-4-12(5-3-11)20(30)28-17-9-16(24)15(23)8-14(17)21(31)29-18-7-6-13(22)10-27-18/h2-10H,1H3,(H2,25,26)(H,28,30)(H,27,29,31). The first-order chi connectivity index (χ1) is 14.8. The van der Waals surface area contributed by atoms with Crippen LogP contribution in [0.2, 0.25) is 5.02 Å². The summed E-state index contributed by atoms with van der Waals surface area (Å²) in [5.41, 5.74) is 0.241. The number of hydrogen-bond acceptors (Lipinski definition) is 4. The second-order valence-corrected chi connectivity index (χ2v) is 6.72. The molecule has 158 valence electrons. The van der Waals surface area contributed by atoms with Crippen LogP contribution >= 0.6 is 11.6 Å². The molecule has 3 aromatic rings. The Kier molecular flexibility index (Phi) is 6.56. The first-order valence-corrected chi connectivity index (χ1v) is 9.26. The fourth-order valence-electron chi connectivity index (χ4n) is 2.60. The van der Waals surface area contributed by atoms with Crippen molar-refractivity contribution in [3.05, 3.63) is 88.1 Å². The Balaban J connectivity index is 1.85. The van der Waals surface area contributed by atoms with Crippen LogP contribution in [0.3, 0.4) is 0 Å². The number of anilines is 2. The largest absolute Gasteiger partial charge is 0.373 e. The van der Waals surface area contributed by atoms with Crippen molar-refractivity contribution in [1.29, 1.82) is 5.41 Å². The molecule has 0 radical (unpaired) electrons. The van der Waals surface area contributed by atoms with Gasteiger partial charge < -0.3 is 16.0 Å². The minimum absolute atomic E-state index is 0.138. The van der Waals surface area contributed by atoms with Crippen LogP contribution in [0, 0.1) is 17.0 Å². The molecule has 0 unspecified atom stereocenters. The molecule has 0 saturated heterocycles. The molecule has 1 heterocycles. The summed E-state index contributed by atoms with van der Waals surface area (Å²) >= 11 is 5.75. The highest BCUT2D eigenvalue weighted by Gasteiger charge is 2.19. The van der Waals surface area contributed by atoms with Crippen molar-refractivity contribution in [3.8, 4) is 0 Å². The Morgan fingerprint density at radius 3 is 2.19 bits per heavy atom. The van der Waals surface area contributed by atoms with Crippen molar-refractivity contribution in [2.75, 3.05) is 17.7 Å². The highest BCUT2D eigenvalue weighted by molar-refractivity contribution is 6.30. The maximum atomic E-state index is 13.8. The van der Waals surface area contributed by atoms with Gasteiger partial charge in [-0.3, -0.25) is 15.0 Å². The van der Waals surface area contributed by atoms with Gasteiger partial charge in [0.05, 0.1) is 16.3 Å². The predicted molar refractivity (Wildman–Crippen MR) is 114 cm³/mol. The summed E-state index contributed by atoms with van der Waals surface area (Å²) in [6.45, 7) is 0. The van der Waals surface area contributed by atoms with Crippen molar-refractivity contribution in [3.63, 3.8) is 0 Å². The number of carbonyl (C=O) groups is 2. The summed E-state index contributed by atoms with van der Waals surface area (Å²) in [4.78, 5) is 29.1. The number of benzene rings is 2. The smallest absolute Gasteiger partial charge is 0.259 e. The second-order valence-electron chi connectivity index (χ2n) is 6.28. The van der Waals surface area contributed by atoms with E-state index < -0.39 is 23.4 Å². The Hall–Kier alpha value is -3.85. The molecule has 0 fully saturated rings. The number of nitrogens with zero attached hydrogens (tertiary/aromatic N) is 1. The first-order valence-electron chi connectivity index (χ1n) is 8.88. The van der Waals surface area contributed by atoms with Gasteiger partial charge in [-0.1, -0.05) is 23.7 Å². The van der Waals surface area contributed by atoms with E-state index in [0.29, 0.717) is 16.7 Å². The minimum Gasteiger partial charge on any atom is -0.373 e. The zero-order valence-corrected chi connectivity index (χ0v) is 16.8. The Morgan fingerprint density at radius 1 is 0.935 bits per heavy atom. The van der Waals surface area contributed by atoms with Gasteiger partial charge in [0.25, 0.3) is 11.8 Å². The van der Waals surface area contributed by atoms with E-state index in [2.05, 4.69) is 20.9 Å². The maximum Gasteiger partial charge on any atom is 0.259 e. The fourth-order valence-corrected chi connectivity index (χ4v) is 2.71. The molecule has 0 bridgehead atoms. The van der Waals surface area contributed by atoms with E-state index in [-0.39, 0.29) is 28.5 Å². The number of halogens is 3. The van der Waals surface area contributed by atoms with Crippen LogP contribution in [-0.2, 0) is 0 Å². The molecule has 10 heteroatoms. The highest BCUT2D eigenvalue weighted by atomic mass is 35.5. The van der Waals surface area contributed by atoms with Crippen LogP contribution in [0.1, 0.15) is 26.3 Å². The van der Waals surface area contributed by atoms with Gasteiger partial charge in [-0.25, -0.2) is 13.8 Å². The summed E-state index contributed by atoms with van der Waals surface area (Å²) in [6.07, 6.45) is 1.31. The van der Waals surface area contributed by atoms with Gasteiger partial charge in [-0.15, -0.1) is 0 Å². The normalized spacial score (nSPS) is 10.3. The number of amidine groups is 1. The molecule has 0 saturated carbocycles. The Labute approximate surface area is 181 Å². The number of amides is 2. The molecular formula is C21H16ClF2N5O2. The number of hydrogen-bond donors (Lipinski definition) is 4. The fraction of sp³-hybridized carbons (Fsp3) is 0.0476. The van der Waals surface area contributed by atoms with Gasteiger partial charge in [0.2, 0.25) is 0 Å². The number of nitrogens with one attached hydrogen (secondary N) is 4. The molecule has 0 aliphatic carbocycles. The Morgan fingerprint density at radius 2 is 1.58 bits per heavy atom. The topological polar surface area (TPSA) is 107 Å². The summed E-state index contributed by atoms with van der Waals surface area (Å²) in [5, 5.41) is 15.6. The van der Waals surface area contributed by atoms with E-state index in [1.54, 1.807) is 19.2 Å². The lowest BCUT2D eigenvalue weighted by Crippen LogP contribution is -2.20. The molecule has 0 aliphatic heterocycles. The average molecular weight is 444 g/mol. The van der Waals surface area contributed by atoms with Gasteiger partial charge in [-0.05, 0) is 30.3 Å². The van der Waals surface area contributed by atoms with Crippen molar-refractivity contribution in [2.45, 2.75) is 0 Å². The van der Waals surface area contributed by atoms with E-state index in [4.69, 9.17) is 17.0 Å². The maximum absolute atomic E-state index is 13.8. The van der Waals surface area contributed by atoms with Gasteiger partial charge in [0.15, 0.2) is 11.6 Å². The van der Waals surface area contributed by atoms with Crippen LogP contribution < -0.4 is 16.0 Å². The van der Waals surface area contributed by atoms with E-state index in [1.807, 2.05) is 0 Å². The molecule has 3 rings (SSSR count). The monoisotopic (exact) mass is 443 g/mol. The second kappa shape index (κ2) is 9.31. The van der Waals surface area contributed by atoms with Crippen molar-refractivity contribution < 1.29 is 18.4 Å². The highest BCUT2D eigenvalue weighted by Crippen LogP contribution is 2.22. The third-order valence-electron chi connectivity index (χ3n) is 4.21. The lowest BCUT2D eigenvalue weighted by Gasteiger charge is -2.12. The molecule has 31 heavy (non-hydrogen) atoms. The van der Waals surface area contributed by atoms with Gasteiger partial charge in [0, 0.05) is 30.4 Å². The van der Waals surface area contributed by atoms with Crippen LogP contribution in [0.5, 0.6) is 0 Å². The Bertz CT molecular complexity index is 1150. The summed E-state index contributed by atoms with van der Waals surface area (Å²) in [5.74, 6) is -3.62. The lowest BCUT2D eigenvalue weighted by atomic mass is 10.1. The summed E-state index contributed by atoms with van der Waals surface area (Å²) in [7, 11) is 1.60. The summed E-state index contributed by atoms with van der Waals surface area (Å²) in [6, 6.07) is 10.4. The molecule has 0 atom stereocenters. The average Bonchev–Trinajstić information content (AvgIpc) is 2.77. The number of pyridine rings is 1. The lowest BCUT2D eigenvalue weighted by molar-refractivity contribution is 0.102. The third kappa shape index (κ3) is 5.20. The number of aromatic nitrogens is 1. The van der Waals surface area contributed by atoms with Crippen LogP contribution in [-0.4, -0.2) is 29.7 Å². The minimum atomic E-state index is -1.25. The van der Waals surface area contributed by atoms with E-state index >= 15 is 0 Å². The summed E-state index contributed by atoms with van der Waals surface area (Å²) < 4.78 is 27.6. The molecule has 0 aliphatic rings. The van der Waals surface area contributed by atoms with Gasteiger partial charge in [0.1, 0.15) is 11.7 Å². The van der Waals surface area contributed by atoms with Crippen LogP contribution in [0.15, 0.2) is 54.7 Å². The van der Waals surface area contributed by atoms with E-state index in [9.17, 15) is 18.4 Å². The van der Waals surface area contributed by atoms with Gasteiger partial charge in [-0.2, -0.15) is 0 Å². The molecule has 2 amide bonds. The van der Waals surface area contributed by atoms with Crippen molar-refractivity contribution in [1.82, 2.24) is 10.3 Å². The molecule has 1 aromatic heterocycles. The number of rotatable bonds is 5. The van der Waals surface area contributed by atoms with Crippen molar-refractivity contribution in [2.24, 2.45) is 0 Å². The SMILES string of the molecule is CNC(=N)c1ccc(C(=O)Nc2cc(F)c(F)cc2C(=O)Nc2ccc(Cl)cn2)cc1. The molecular weight excluding hydrogens is 428 g/mol. The molecule has 4 N–H and O–H groups in total. The van der Waals surface area contributed by atoms with Gasteiger partial charge >= 0.3 is 0 Å². The quantitative estimate of drug-likeness (QED) is 0.352.